The van der Waals surface area contributed by atoms with Crippen LogP contribution in [-0.2, 0) is 16.0 Å². The lowest BCUT2D eigenvalue weighted by atomic mass is 9.64. The summed E-state index contributed by atoms with van der Waals surface area (Å²) in [6.07, 6.45) is 0.998. The number of carbonyl (C=O) groups is 1. The Morgan fingerprint density at radius 1 is 1.39 bits per heavy atom. The van der Waals surface area contributed by atoms with Gasteiger partial charge < -0.3 is 14.1 Å². The Hall–Kier alpha value is -2.60. The molecule has 3 rings (SSSR count). The van der Waals surface area contributed by atoms with Crippen LogP contribution in [0.1, 0.15) is 17.3 Å². The summed E-state index contributed by atoms with van der Waals surface area (Å²) in [6.45, 7) is 5.84. The van der Waals surface area contributed by atoms with Crippen molar-refractivity contribution in [1.29, 1.82) is 0 Å². The number of ether oxygens (including phenoxy) is 2. The second-order valence-corrected chi connectivity index (χ2v) is 5.13. The van der Waals surface area contributed by atoms with Crippen LogP contribution < -0.4 is 10.2 Å². The van der Waals surface area contributed by atoms with Crippen molar-refractivity contribution in [3.8, 4) is 11.5 Å². The number of benzene rings is 2. The minimum absolute atomic E-state index is 0. The number of halogens is 1. The molecule has 0 aliphatic carbocycles. The molecule has 0 unspecified atom stereocenters. The molecule has 0 N–H and O–H groups in total. The van der Waals surface area contributed by atoms with Crippen LogP contribution in [-0.4, -0.2) is 12.9 Å². The van der Waals surface area contributed by atoms with Gasteiger partial charge in [0.15, 0.2) is 11.6 Å². The van der Waals surface area contributed by atoms with E-state index < -0.39 is 11.8 Å². The Morgan fingerprint density at radius 3 is 2.96 bits per heavy atom. The van der Waals surface area contributed by atoms with Crippen LogP contribution in [0, 0.1) is 5.82 Å². The highest BCUT2D eigenvalue weighted by atomic mass is 19.1. The van der Waals surface area contributed by atoms with E-state index in [9.17, 15) is 9.18 Å². The van der Waals surface area contributed by atoms with Gasteiger partial charge in [0.05, 0.1) is 18.4 Å². The predicted molar refractivity (Wildman–Crippen MR) is 86.7 cm³/mol. The third-order valence-corrected chi connectivity index (χ3v) is 3.63. The van der Waals surface area contributed by atoms with Gasteiger partial charge in [-0.25, -0.2) is 9.18 Å². The fourth-order valence-electron chi connectivity index (χ4n) is 2.45. The number of rotatable bonds is 4. The van der Waals surface area contributed by atoms with Gasteiger partial charge in [-0.2, -0.15) is 0 Å². The third kappa shape index (κ3) is 3.12. The summed E-state index contributed by atoms with van der Waals surface area (Å²) >= 11 is 0. The molecule has 0 fully saturated rings. The van der Waals surface area contributed by atoms with Crippen molar-refractivity contribution >= 4 is 18.3 Å². The summed E-state index contributed by atoms with van der Waals surface area (Å²) in [5.41, 5.74) is 2.23. The van der Waals surface area contributed by atoms with E-state index in [1.807, 2.05) is 19.0 Å². The standard InChI is InChI=1S/C17H14BFO4.H2/c1-3-21-17(20)11-4-7-16(15(19)9-11)23-13-5-6-14-12(8-13)10-22-18(14)2;/h3-9H,1,10H2,2H3;1H. The maximum Gasteiger partial charge on any atom is 0.343 e. The minimum atomic E-state index is -0.672. The highest BCUT2D eigenvalue weighted by Gasteiger charge is 2.23. The van der Waals surface area contributed by atoms with Gasteiger partial charge >= 0.3 is 12.9 Å². The van der Waals surface area contributed by atoms with E-state index in [0.29, 0.717) is 12.4 Å². The average Bonchev–Trinajstić information content (AvgIpc) is 2.90. The Kier molecular flexibility index (Phi) is 4.17. The molecule has 1 heterocycles. The lowest BCUT2D eigenvalue weighted by molar-refractivity contribution is 0.0663. The highest BCUT2D eigenvalue weighted by molar-refractivity contribution is 6.67. The van der Waals surface area contributed by atoms with Crippen LogP contribution in [0.2, 0.25) is 6.82 Å². The molecule has 0 radical (unpaired) electrons. The Balaban J connectivity index is 0.00000208. The molecule has 118 valence electrons. The SMILES string of the molecule is C=COC(=O)c1ccc(Oc2ccc3c(c2)COB3C)c(F)c1.[HH]. The molecule has 23 heavy (non-hydrogen) atoms. The van der Waals surface area contributed by atoms with Gasteiger partial charge in [0.1, 0.15) is 5.75 Å². The van der Waals surface area contributed by atoms with Gasteiger partial charge in [-0.15, -0.1) is 0 Å². The van der Waals surface area contributed by atoms with Crippen molar-refractivity contribution in [1.82, 2.24) is 0 Å². The summed E-state index contributed by atoms with van der Waals surface area (Å²) in [6, 6.07) is 9.40. The fraction of sp³-hybridized carbons (Fsp3) is 0.118. The summed E-state index contributed by atoms with van der Waals surface area (Å²) in [7, 11) is 0. The van der Waals surface area contributed by atoms with Gasteiger partial charge in [0.2, 0.25) is 0 Å². The maximum atomic E-state index is 14.1. The van der Waals surface area contributed by atoms with Gasteiger partial charge in [0, 0.05) is 1.43 Å². The summed E-state index contributed by atoms with van der Waals surface area (Å²) in [5.74, 6) is -0.767. The molecule has 0 amide bonds. The molecule has 6 heteroatoms. The molecule has 1 aliphatic rings. The molecule has 0 bridgehead atoms. The van der Waals surface area contributed by atoms with Crippen molar-refractivity contribution in [3.05, 3.63) is 66.2 Å². The van der Waals surface area contributed by atoms with Crippen LogP contribution >= 0.6 is 0 Å². The van der Waals surface area contributed by atoms with E-state index in [1.165, 1.54) is 12.1 Å². The number of hydrogen-bond acceptors (Lipinski definition) is 4. The molecule has 1 aliphatic heterocycles. The van der Waals surface area contributed by atoms with Crippen molar-refractivity contribution in [2.75, 3.05) is 0 Å². The Morgan fingerprint density at radius 2 is 2.22 bits per heavy atom. The summed E-state index contributed by atoms with van der Waals surface area (Å²) in [4.78, 5) is 11.5. The van der Waals surface area contributed by atoms with Gasteiger partial charge in [0.25, 0.3) is 0 Å². The zero-order valence-electron chi connectivity index (χ0n) is 12.5. The predicted octanol–water partition coefficient (Wildman–Crippen LogP) is 3.52. The van der Waals surface area contributed by atoms with E-state index in [0.717, 1.165) is 23.4 Å². The van der Waals surface area contributed by atoms with Crippen molar-refractivity contribution < 1.29 is 24.7 Å². The zero-order valence-corrected chi connectivity index (χ0v) is 12.5. The van der Waals surface area contributed by atoms with Crippen LogP contribution in [0.5, 0.6) is 11.5 Å². The molecule has 0 atom stereocenters. The third-order valence-electron chi connectivity index (χ3n) is 3.63. The number of carbonyl (C=O) groups excluding carboxylic acids is 1. The van der Waals surface area contributed by atoms with E-state index in [4.69, 9.17) is 9.39 Å². The molecule has 0 aromatic heterocycles. The second kappa shape index (κ2) is 6.26. The summed E-state index contributed by atoms with van der Waals surface area (Å²) in [5, 5.41) is 0. The first-order valence-corrected chi connectivity index (χ1v) is 7.12. The molecule has 4 nitrogen and oxygen atoms in total. The lowest BCUT2D eigenvalue weighted by Gasteiger charge is -2.09. The average molecular weight is 314 g/mol. The van der Waals surface area contributed by atoms with Gasteiger partial charge in [-0.05, 0) is 41.4 Å². The van der Waals surface area contributed by atoms with Crippen molar-refractivity contribution in [2.45, 2.75) is 13.4 Å². The topological polar surface area (TPSA) is 44.8 Å². The minimum Gasteiger partial charge on any atom is -0.454 e. The lowest BCUT2D eigenvalue weighted by Crippen LogP contribution is -2.23. The molecule has 2 aromatic rings. The van der Waals surface area contributed by atoms with Crippen LogP contribution in [0.25, 0.3) is 0 Å². The van der Waals surface area contributed by atoms with E-state index >= 15 is 0 Å². The largest absolute Gasteiger partial charge is 0.454 e. The number of fused-ring (bicyclic) bond motifs is 1. The molecule has 0 saturated heterocycles. The van der Waals surface area contributed by atoms with E-state index in [1.54, 1.807) is 6.07 Å². The van der Waals surface area contributed by atoms with Crippen molar-refractivity contribution in [2.24, 2.45) is 0 Å². The van der Waals surface area contributed by atoms with Crippen LogP contribution in [0.4, 0.5) is 4.39 Å². The van der Waals surface area contributed by atoms with Crippen molar-refractivity contribution in [3.63, 3.8) is 0 Å². The first-order valence-electron chi connectivity index (χ1n) is 7.12. The number of hydrogen-bond donors (Lipinski definition) is 0. The first-order chi connectivity index (χ1) is 11.1. The molecule has 0 saturated carbocycles. The summed E-state index contributed by atoms with van der Waals surface area (Å²) < 4.78 is 29.8. The maximum absolute atomic E-state index is 14.1. The fourth-order valence-corrected chi connectivity index (χ4v) is 2.45. The quantitative estimate of drug-likeness (QED) is 0.492. The Bertz CT molecular complexity index is 781. The normalized spacial score (nSPS) is 12.7. The smallest absolute Gasteiger partial charge is 0.343 e. The van der Waals surface area contributed by atoms with Crippen LogP contribution in [0.3, 0.4) is 0 Å². The first kappa shape index (κ1) is 15.3. The molecule has 0 spiro atoms. The second-order valence-electron chi connectivity index (χ2n) is 5.13. The van der Waals surface area contributed by atoms with Gasteiger partial charge in [-0.3, -0.25) is 0 Å². The van der Waals surface area contributed by atoms with Gasteiger partial charge in [-0.1, -0.05) is 19.5 Å². The van der Waals surface area contributed by atoms with E-state index in [-0.39, 0.29) is 19.7 Å². The monoisotopic (exact) mass is 314 g/mol. The van der Waals surface area contributed by atoms with E-state index in [2.05, 4.69) is 11.3 Å². The Labute approximate surface area is 135 Å². The molecular weight excluding hydrogens is 298 g/mol. The number of esters is 1. The molecular formula is C17H16BFO4. The molecule has 2 aromatic carbocycles. The van der Waals surface area contributed by atoms with Crippen LogP contribution in [0.15, 0.2) is 49.2 Å². The highest BCUT2D eigenvalue weighted by Crippen LogP contribution is 2.27. The zero-order chi connectivity index (χ0) is 16.4.